The first kappa shape index (κ1) is 27.0. The fourth-order valence-corrected chi connectivity index (χ4v) is 4.85. The van der Waals surface area contributed by atoms with E-state index in [0.717, 1.165) is 16.5 Å². The molecule has 4 aromatic rings. The molecule has 1 fully saturated rings. The van der Waals surface area contributed by atoms with Crippen molar-refractivity contribution in [3.63, 3.8) is 0 Å². The largest absolute Gasteiger partial charge is 0.490 e. The monoisotopic (exact) mass is 541 g/mol. The molecule has 0 bridgehead atoms. The fourth-order valence-electron chi connectivity index (χ4n) is 4.85. The van der Waals surface area contributed by atoms with Crippen LogP contribution < -0.4 is 10.1 Å². The molecule has 1 aliphatic rings. The van der Waals surface area contributed by atoms with Gasteiger partial charge < -0.3 is 24.2 Å². The minimum absolute atomic E-state index is 0.0451. The Morgan fingerprint density at radius 1 is 0.950 bits per heavy atom. The molecule has 2 unspecified atom stereocenters. The Morgan fingerprint density at radius 3 is 2.52 bits per heavy atom. The number of anilines is 1. The predicted molar refractivity (Wildman–Crippen MR) is 151 cm³/mol. The zero-order valence-electron chi connectivity index (χ0n) is 21.9. The van der Waals surface area contributed by atoms with E-state index in [0.29, 0.717) is 37.7 Å². The molecule has 2 amide bonds. The number of likely N-dealkylation sites (tertiary alicyclic amines) is 1. The fraction of sp³-hybridized carbons (Fsp3) is 0.258. The third kappa shape index (κ3) is 7.06. The number of carbonyl (C=O) groups is 2. The Morgan fingerprint density at radius 2 is 1.75 bits per heavy atom. The van der Waals surface area contributed by atoms with E-state index in [-0.39, 0.29) is 25.2 Å². The average molecular weight is 542 g/mol. The number of fused-ring (bicyclic) bond motifs is 1. The molecule has 5 rings (SSSR count). The van der Waals surface area contributed by atoms with Crippen LogP contribution in [0.1, 0.15) is 23.5 Å². The van der Waals surface area contributed by atoms with E-state index in [2.05, 4.69) is 34.6 Å². The van der Waals surface area contributed by atoms with Gasteiger partial charge in [0.2, 0.25) is 0 Å². The standard InChI is InChI=1S/C31H31N3O6/c35-30(33-29-7-3-4-15-32-29)39-18-17-38-26-12-10-24(11-13-26)27-14-16-34(31(36)37)20-28(27)40-21-22-8-9-23-5-1-2-6-25(23)19-22/h1-13,15,19,27-28H,14,16-18,20-21H2,(H,36,37)(H,32,33,35). The number of amides is 2. The molecule has 0 spiro atoms. The first-order valence-corrected chi connectivity index (χ1v) is 13.2. The molecule has 2 atom stereocenters. The summed E-state index contributed by atoms with van der Waals surface area (Å²) >= 11 is 0. The molecular formula is C31H31N3O6. The first-order chi connectivity index (χ1) is 19.5. The van der Waals surface area contributed by atoms with Gasteiger partial charge in [-0.2, -0.15) is 0 Å². The van der Waals surface area contributed by atoms with Crippen LogP contribution in [0.4, 0.5) is 15.4 Å². The maximum absolute atomic E-state index is 11.9. The zero-order chi connectivity index (χ0) is 27.7. The van der Waals surface area contributed by atoms with Gasteiger partial charge in [-0.15, -0.1) is 0 Å². The number of carboxylic acid groups (broad SMARTS) is 1. The van der Waals surface area contributed by atoms with Crippen LogP contribution in [0.2, 0.25) is 0 Å². The number of aromatic nitrogens is 1. The van der Waals surface area contributed by atoms with Crippen molar-refractivity contribution in [1.29, 1.82) is 0 Å². The highest BCUT2D eigenvalue weighted by Crippen LogP contribution is 2.32. The molecule has 0 radical (unpaired) electrons. The lowest BCUT2D eigenvalue weighted by Crippen LogP contribution is -2.46. The molecule has 2 heterocycles. The van der Waals surface area contributed by atoms with Crippen LogP contribution in [-0.4, -0.2) is 59.6 Å². The second kappa shape index (κ2) is 12.9. The first-order valence-electron chi connectivity index (χ1n) is 13.2. The van der Waals surface area contributed by atoms with Crippen LogP contribution >= 0.6 is 0 Å². The van der Waals surface area contributed by atoms with Crippen molar-refractivity contribution in [2.45, 2.75) is 25.0 Å². The lowest BCUT2D eigenvalue weighted by Gasteiger charge is -2.37. The highest BCUT2D eigenvalue weighted by molar-refractivity contribution is 5.83. The Kier molecular flexibility index (Phi) is 8.73. The molecule has 3 aromatic carbocycles. The number of ether oxygens (including phenoxy) is 3. The molecule has 9 nitrogen and oxygen atoms in total. The molecule has 1 aromatic heterocycles. The van der Waals surface area contributed by atoms with Crippen LogP contribution in [-0.2, 0) is 16.1 Å². The Balaban J connectivity index is 1.15. The third-order valence-electron chi connectivity index (χ3n) is 6.90. The number of piperidine rings is 1. The molecule has 1 saturated heterocycles. The lowest BCUT2D eigenvalue weighted by molar-refractivity contribution is -0.0199. The number of rotatable bonds is 9. The van der Waals surface area contributed by atoms with Gasteiger partial charge in [-0.3, -0.25) is 5.32 Å². The Labute approximate surface area is 232 Å². The summed E-state index contributed by atoms with van der Waals surface area (Å²) in [6, 6.07) is 27.3. The van der Waals surface area contributed by atoms with Crippen molar-refractivity contribution in [3.8, 4) is 5.75 Å². The van der Waals surface area contributed by atoms with Crippen LogP contribution in [0.5, 0.6) is 5.75 Å². The van der Waals surface area contributed by atoms with E-state index in [1.165, 1.54) is 10.3 Å². The highest BCUT2D eigenvalue weighted by Gasteiger charge is 2.33. The van der Waals surface area contributed by atoms with Crippen LogP contribution in [0.3, 0.4) is 0 Å². The van der Waals surface area contributed by atoms with Crippen molar-refractivity contribution in [2.24, 2.45) is 0 Å². The number of nitrogens with zero attached hydrogens (tertiary/aromatic N) is 2. The van der Waals surface area contributed by atoms with Gasteiger partial charge >= 0.3 is 12.2 Å². The minimum Gasteiger partial charge on any atom is -0.490 e. The summed E-state index contributed by atoms with van der Waals surface area (Å²) in [5, 5.41) is 14.4. The summed E-state index contributed by atoms with van der Waals surface area (Å²) in [6.07, 6.45) is 0.428. The number of nitrogens with one attached hydrogen (secondary N) is 1. The summed E-state index contributed by atoms with van der Waals surface area (Å²) in [7, 11) is 0. The van der Waals surface area contributed by atoms with Crippen molar-refractivity contribution in [3.05, 3.63) is 102 Å². The predicted octanol–water partition coefficient (Wildman–Crippen LogP) is 5.92. The van der Waals surface area contributed by atoms with Gasteiger partial charge in [0, 0.05) is 18.7 Å². The summed E-state index contributed by atoms with van der Waals surface area (Å²) < 4.78 is 17.2. The number of carbonyl (C=O) groups excluding carboxylic acids is 1. The Hall–Kier alpha value is -4.63. The normalized spacial score (nSPS) is 16.9. The highest BCUT2D eigenvalue weighted by atomic mass is 16.6. The van der Waals surface area contributed by atoms with E-state index in [4.69, 9.17) is 14.2 Å². The summed E-state index contributed by atoms with van der Waals surface area (Å²) in [6.45, 7) is 1.44. The van der Waals surface area contributed by atoms with Crippen molar-refractivity contribution in [2.75, 3.05) is 31.6 Å². The number of pyridine rings is 1. The van der Waals surface area contributed by atoms with E-state index in [9.17, 15) is 14.7 Å². The van der Waals surface area contributed by atoms with E-state index in [1.54, 1.807) is 24.4 Å². The van der Waals surface area contributed by atoms with Crippen LogP contribution in [0, 0.1) is 0 Å². The number of hydrogen-bond donors (Lipinski definition) is 2. The summed E-state index contributed by atoms with van der Waals surface area (Å²) in [5.41, 5.74) is 2.11. The van der Waals surface area contributed by atoms with Crippen molar-refractivity contribution < 1.29 is 28.9 Å². The third-order valence-corrected chi connectivity index (χ3v) is 6.90. The molecular weight excluding hydrogens is 510 g/mol. The molecule has 1 aliphatic heterocycles. The van der Waals surface area contributed by atoms with Gasteiger partial charge in [0.15, 0.2) is 0 Å². The second-order valence-electron chi connectivity index (χ2n) is 9.55. The van der Waals surface area contributed by atoms with Gasteiger partial charge in [0.1, 0.15) is 24.8 Å². The molecule has 206 valence electrons. The summed E-state index contributed by atoms with van der Waals surface area (Å²) in [5.74, 6) is 1.11. The Bertz CT molecular complexity index is 1430. The average Bonchev–Trinajstić information content (AvgIpc) is 2.99. The van der Waals surface area contributed by atoms with Crippen molar-refractivity contribution in [1.82, 2.24) is 9.88 Å². The zero-order valence-corrected chi connectivity index (χ0v) is 21.9. The molecule has 0 saturated carbocycles. The number of hydrogen-bond acceptors (Lipinski definition) is 6. The molecule has 40 heavy (non-hydrogen) atoms. The minimum atomic E-state index is -0.933. The van der Waals surface area contributed by atoms with E-state index < -0.39 is 12.2 Å². The van der Waals surface area contributed by atoms with Gasteiger partial charge in [-0.1, -0.05) is 54.6 Å². The van der Waals surface area contributed by atoms with E-state index in [1.807, 2.05) is 42.5 Å². The maximum Gasteiger partial charge on any atom is 0.412 e. The van der Waals surface area contributed by atoms with Gasteiger partial charge in [0.25, 0.3) is 0 Å². The van der Waals surface area contributed by atoms with Crippen LogP contribution in [0.15, 0.2) is 91.1 Å². The quantitative estimate of drug-likeness (QED) is 0.253. The molecule has 9 heteroatoms. The topological polar surface area (TPSA) is 110 Å². The van der Waals surface area contributed by atoms with E-state index >= 15 is 0 Å². The van der Waals surface area contributed by atoms with Gasteiger partial charge in [-0.05, 0) is 58.7 Å². The van der Waals surface area contributed by atoms with Crippen molar-refractivity contribution >= 4 is 28.8 Å². The maximum atomic E-state index is 11.9. The summed E-state index contributed by atoms with van der Waals surface area (Å²) in [4.78, 5) is 29.0. The smallest absolute Gasteiger partial charge is 0.412 e. The molecule has 0 aliphatic carbocycles. The van der Waals surface area contributed by atoms with Crippen LogP contribution in [0.25, 0.3) is 10.8 Å². The number of benzene rings is 3. The molecule has 2 N–H and O–H groups in total. The lowest BCUT2D eigenvalue weighted by atomic mass is 9.87. The van der Waals surface area contributed by atoms with Gasteiger partial charge in [0.05, 0.1) is 19.3 Å². The second-order valence-corrected chi connectivity index (χ2v) is 9.55. The SMILES string of the molecule is O=C(Nc1ccccn1)OCCOc1ccc(C2CCN(C(=O)O)CC2OCc2ccc3ccccc3c2)cc1. The van der Waals surface area contributed by atoms with Gasteiger partial charge in [-0.25, -0.2) is 14.6 Å².